The number of fused-ring (bicyclic) bond motifs is 1. The van der Waals surface area contributed by atoms with E-state index in [0.717, 1.165) is 0 Å². The van der Waals surface area contributed by atoms with Gasteiger partial charge >= 0.3 is 0 Å². The molecule has 21 heavy (non-hydrogen) atoms. The van der Waals surface area contributed by atoms with Crippen LogP contribution in [0.1, 0.15) is 56.2 Å². The molecule has 0 aromatic heterocycles. The minimum atomic E-state index is 0.688. The van der Waals surface area contributed by atoms with Crippen molar-refractivity contribution < 1.29 is 0 Å². The Morgan fingerprint density at radius 3 is 2.67 bits per heavy atom. The normalized spacial score (nSPS) is 24.0. The van der Waals surface area contributed by atoms with Crippen LogP contribution in [0.3, 0.4) is 0 Å². The minimum absolute atomic E-state index is 0.688. The molecule has 0 spiro atoms. The fourth-order valence-corrected chi connectivity index (χ4v) is 3.99. The SMILES string of the molecule is CCCCCN1CCN(C2CCCc3ccccc32)CC1. The number of piperazine rings is 1. The number of hydrogen-bond donors (Lipinski definition) is 0. The standard InChI is InChI=1S/C19H30N2/c1-2-3-6-12-20-13-15-21(16-14-20)19-11-7-9-17-8-4-5-10-18(17)19/h4-5,8,10,19H,2-3,6-7,9,11-16H2,1H3. The van der Waals surface area contributed by atoms with Crippen LogP contribution in [0.4, 0.5) is 0 Å². The first-order chi connectivity index (χ1) is 10.4. The first-order valence-electron chi connectivity index (χ1n) is 8.92. The summed E-state index contributed by atoms with van der Waals surface area (Å²) >= 11 is 0. The molecule has 0 radical (unpaired) electrons. The van der Waals surface area contributed by atoms with Crippen LogP contribution in [0.2, 0.25) is 0 Å². The summed E-state index contributed by atoms with van der Waals surface area (Å²) in [4.78, 5) is 5.41. The number of nitrogens with zero attached hydrogens (tertiary/aromatic N) is 2. The Morgan fingerprint density at radius 2 is 1.86 bits per heavy atom. The Hall–Kier alpha value is -0.860. The second kappa shape index (κ2) is 7.42. The van der Waals surface area contributed by atoms with E-state index in [9.17, 15) is 0 Å². The van der Waals surface area contributed by atoms with Crippen LogP contribution < -0.4 is 0 Å². The van der Waals surface area contributed by atoms with E-state index in [1.807, 2.05) is 0 Å². The lowest BCUT2D eigenvalue weighted by Crippen LogP contribution is -2.48. The Labute approximate surface area is 130 Å². The van der Waals surface area contributed by atoms with Crippen molar-refractivity contribution in [1.82, 2.24) is 9.80 Å². The van der Waals surface area contributed by atoms with Crippen molar-refractivity contribution in [3.8, 4) is 0 Å². The second-order valence-electron chi connectivity index (χ2n) is 6.69. The van der Waals surface area contributed by atoms with Gasteiger partial charge in [0.05, 0.1) is 0 Å². The summed E-state index contributed by atoms with van der Waals surface area (Å²) in [7, 11) is 0. The van der Waals surface area contributed by atoms with Gasteiger partial charge in [0, 0.05) is 32.2 Å². The number of benzene rings is 1. The highest BCUT2D eigenvalue weighted by Gasteiger charge is 2.28. The van der Waals surface area contributed by atoms with Crippen LogP contribution in [0, 0.1) is 0 Å². The molecule has 0 saturated carbocycles. The van der Waals surface area contributed by atoms with Crippen LogP contribution in [0.5, 0.6) is 0 Å². The van der Waals surface area contributed by atoms with Crippen molar-refractivity contribution in [2.24, 2.45) is 0 Å². The third kappa shape index (κ3) is 3.67. The summed E-state index contributed by atoms with van der Waals surface area (Å²) < 4.78 is 0. The van der Waals surface area contributed by atoms with Gasteiger partial charge in [-0.2, -0.15) is 0 Å². The zero-order chi connectivity index (χ0) is 14.5. The summed E-state index contributed by atoms with van der Waals surface area (Å²) in [5.74, 6) is 0. The zero-order valence-corrected chi connectivity index (χ0v) is 13.6. The van der Waals surface area contributed by atoms with Gasteiger partial charge in [-0.05, 0) is 43.4 Å². The minimum Gasteiger partial charge on any atom is -0.301 e. The quantitative estimate of drug-likeness (QED) is 0.758. The van der Waals surface area contributed by atoms with E-state index in [0.29, 0.717) is 6.04 Å². The van der Waals surface area contributed by atoms with Gasteiger partial charge < -0.3 is 4.90 Å². The summed E-state index contributed by atoms with van der Waals surface area (Å²) in [5, 5.41) is 0. The lowest BCUT2D eigenvalue weighted by atomic mass is 9.86. The van der Waals surface area contributed by atoms with Gasteiger partial charge in [-0.1, -0.05) is 44.0 Å². The molecule has 1 aliphatic carbocycles. The van der Waals surface area contributed by atoms with Gasteiger partial charge in [0.1, 0.15) is 0 Å². The molecule has 1 aromatic carbocycles. The number of aryl methyl sites for hydroxylation is 1. The molecular weight excluding hydrogens is 256 g/mol. The van der Waals surface area contributed by atoms with E-state index in [2.05, 4.69) is 41.0 Å². The number of unbranched alkanes of at least 4 members (excludes halogenated alkanes) is 2. The van der Waals surface area contributed by atoms with Crippen LogP contribution in [0.15, 0.2) is 24.3 Å². The average molecular weight is 286 g/mol. The predicted molar refractivity (Wildman–Crippen MR) is 89.7 cm³/mol. The molecule has 1 aromatic rings. The largest absolute Gasteiger partial charge is 0.301 e. The lowest BCUT2D eigenvalue weighted by Gasteiger charge is -2.41. The van der Waals surface area contributed by atoms with E-state index in [1.54, 1.807) is 11.1 Å². The summed E-state index contributed by atoms with van der Waals surface area (Å²) in [6.07, 6.45) is 8.09. The van der Waals surface area contributed by atoms with Crippen LogP contribution in [0.25, 0.3) is 0 Å². The monoisotopic (exact) mass is 286 g/mol. The summed E-state index contributed by atoms with van der Waals surface area (Å²) in [6, 6.07) is 9.81. The van der Waals surface area contributed by atoms with E-state index in [4.69, 9.17) is 0 Å². The van der Waals surface area contributed by atoms with E-state index in [-0.39, 0.29) is 0 Å². The van der Waals surface area contributed by atoms with Gasteiger partial charge in [0.25, 0.3) is 0 Å². The van der Waals surface area contributed by atoms with Gasteiger partial charge in [-0.3, -0.25) is 4.90 Å². The number of hydrogen-bond acceptors (Lipinski definition) is 2. The lowest BCUT2D eigenvalue weighted by molar-refractivity contribution is 0.0871. The van der Waals surface area contributed by atoms with Gasteiger partial charge in [0.2, 0.25) is 0 Å². The molecule has 1 heterocycles. The van der Waals surface area contributed by atoms with Gasteiger partial charge in [-0.15, -0.1) is 0 Å². The molecule has 0 amide bonds. The van der Waals surface area contributed by atoms with Crippen molar-refractivity contribution in [1.29, 1.82) is 0 Å². The van der Waals surface area contributed by atoms with Crippen molar-refractivity contribution >= 4 is 0 Å². The molecule has 0 bridgehead atoms. The third-order valence-electron chi connectivity index (χ3n) is 5.26. The smallest absolute Gasteiger partial charge is 0.0352 e. The molecule has 1 saturated heterocycles. The molecule has 1 atom stereocenters. The maximum atomic E-state index is 2.74. The zero-order valence-electron chi connectivity index (χ0n) is 13.6. The van der Waals surface area contributed by atoms with E-state index >= 15 is 0 Å². The second-order valence-corrected chi connectivity index (χ2v) is 6.69. The first-order valence-corrected chi connectivity index (χ1v) is 8.92. The Morgan fingerprint density at radius 1 is 1.05 bits per heavy atom. The summed E-state index contributed by atoms with van der Waals surface area (Å²) in [6.45, 7) is 8.64. The predicted octanol–water partition coefficient (Wildman–Crippen LogP) is 3.87. The topological polar surface area (TPSA) is 6.48 Å². The number of rotatable bonds is 5. The first kappa shape index (κ1) is 15.1. The Kier molecular flexibility index (Phi) is 5.32. The average Bonchev–Trinajstić information content (AvgIpc) is 2.55. The molecule has 1 unspecified atom stereocenters. The maximum absolute atomic E-state index is 2.74. The molecule has 2 nitrogen and oxygen atoms in total. The molecule has 1 aliphatic heterocycles. The van der Waals surface area contributed by atoms with Crippen molar-refractivity contribution in [2.75, 3.05) is 32.7 Å². The molecule has 0 N–H and O–H groups in total. The van der Waals surface area contributed by atoms with Crippen molar-refractivity contribution in [3.63, 3.8) is 0 Å². The highest BCUT2D eigenvalue weighted by atomic mass is 15.3. The highest BCUT2D eigenvalue weighted by molar-refractivity contribution is 5.32. The maximum Gasteiger partial charge on any atom is 0.0352 e. The van der Waals surface area contributed by atoms with Gasteiger partial charge in [-0.25, -0.2) is 0 Å². The molecule has 3 rings (SSSR count). The van der Waals surface area contributed by atoms with Crippen LogP contribution in [-0.2, 0) is 6.42 Å². The molecule has 2 heteroatoms. The van der Waals surface area contributed by atoms with Crippen molar-refractivity contribution in [2.45, 2.75) is 51.5 Å². The van der Waals surface area contributed by atoms with E-state index in [1.165, 1.54) is 71.2 Å². The van der Waals surface area contributed by atoms with Crippen LogP contribution in [-0.4, -0.2) is 42.5 Å². The van der Waals surface area contributed by atoms with Gasteiger partial charge in [0.15, 0.2) is 0 Å². The Balaban J connectivity index is 1.55. The fourth-order valence-electron chi connectivity index (χ4n) is 3.99. The molecular formula is C19H30N2. The van der Waals surface area contributed by atoms with Crippen LogP contribution >= 0.6 is 0 Å². The molecule has 1 fully saturated rings. The van der Waals surface area contributed by atoms with E-state index < -0.39 is 0 Å². The Bertz CT molecular complexity index is 435. The summed E-state index contributed by atoms with van der Waals surface area (Å²) in [5.41, 5.74) is 3.21. The van der Waals surface area contributed by atoms with Crippen molar-refractivity contribution in [3.05, 3.63) is 35.4 Å². The highest BCUT2D eigenvalue weighted by Crippen LogP contribution is 2.34. The molecule has 116 valence electrons. The molecule has 2 aliphatic rings. The fraction of sp³-hybridized carbons (Fsp3) is 0.684. The third-order valence-corrected chi connectivity index (χ3v) is 5.26.